The van der Waals surface area contributed by atoms with E-state index in [2.05, 4.69) is 15.3 Å². The van der Waals surface area contributed by atoms with Crippen molar-refractivity contribution in [1.29, 1.82) is 5.41 Å². The van der Waals surface area contributed by atoms with E-state index in [0.29, 0.717) is 5.69 Å². The van der Waals surface area contributed by atoms with Crippen molar-refractivity contribution in [3.63, 3.8) is 0 Å². The van der Waals surface area contributed by atoms with Crippen molar-refractivity contribution in [2.24, 2.45) is 4.99 Å². The van der Waals surface area contributed by atoms with E-state index in [9.17, 15) is 14.0 Å². The molecule has 2 N–H and O–H groups in total. The molecule has 0 aliphatic rings. The van der Waals surface area contributed by atoms with Gasteiger partial charge in [-0.05, 0) is 31.2 Å². The van der Waals surface area contributed by atoms with Gasteiger partial charge in [0.2, 0.25) is 0 Å². The first-order valence-corrected chi connectivity index (χ1v) is 8.36. The molecule has 0 saturated heterocycles. The van der Waals surface area contributed by atoms with Crippen molar-refractivity contribution in [3.8, 4) is 0 Å². The minimum Gasteiger partial charge on any atom is -0.310 e. The van der Waals surface area contributed by atoms with E-state index in [-0.39, 0.29) is 17.3 Å². The predicted molar refractivity (Wildman–Crippen MR) is 101 cm³/mol. The number of nitrogens with one attached hydrogen (secondary N) is 2. The normalized spacial score (nSPS) is 11.8. The van der Waals surface area contributed by atoms with Gasteiger partial charge in [0.25, 0.3) is 5.91 Å². The number of urea groups is 1. The van der Waals surface area contributed by atoms with Crippen LogP contribution in [0.2, 0.25) is 0 Å². The van der Waals surface area contributed by atoms with Crippen LogP contribution in [-0.2, 0) is 0 Å². The Balaban J connectivity index is 2.17. The molecule has 0 fully saturated rings. The van der Waals surface area contributed by atoms with Gasteiger partial charge in [0, 0.05) is 19.0 Å². The minimum absolute atomic E-state index is 0.134. The summed E-state index contributed by atoms with van der Waals surface area (Å²) in [5.74, 6) is -1.63. The highest BCUT2D eigenvalue weighted by atomic mass is 35.5. The number of hydrogen-bond acceptors (Lipinski definition) is 5. The van der Waals surface area contributed by atoms with Crippen LogP contribution in [0, 0.1) is 11.2 Å². The lowest BCUT2D eigenvalue weighted by Crippen LogP contribution is -2.50. The Hall–Kier alpha value is -3.13. The van der Waals surface area contributed by atoms with Crippen LogP contribution in [0.5, 0.6) is 0 Å². The van der Waals surface area contributed by atoms with Crippen LogP contribution >= 0.6 is 11.6 Å². The third-order valence-corrected chi connectivity index (χ3v) is 3.77. The molecule has 9 heteroatoms. The average molecular weight is 390 g/mol. The van der Waals surface area contributed by atoms with Gasteiger partial charge < -0.3 is 4.90 Å². The zero-order valence-electron chi connectivity index (χ0n) is 14.4. The molecular weight excluding hydrogens is 373 g/mol. The minimum atomic E-state index is -0.995. The van der Waals surface area contributed by atoms with Crippen molar-refractivity contribution < 1.29 is 14.0 Å². The van der Waals surface area contributed by atoms with Crippen molar-refractivity contribution in [3.05, 3.63) is 60.2 Å². The molecule has 2 aromatic rings. The fraction of sp³-hybridized carbons (Fsp3) is 0.167. The topological polar surface area (TPSA) is 98.5 Å². The van der Waals surface area contributed by atoms with Gasteiger partial charge in [0.1, 0.15) is 17.0 Å². The summed E-state index contributed by atoms with van der Waals surface area (Å²) < 4.78 is 13.7. The summed E-state index contributed by atoms with van der Waals surface area (Å²) >= 11 is 5.82. The summed E-state index contributed by atoms with van der Waals surface area (Å²) in [5, 5.41) is 9.45. The number of pyridine rings is 1. The Morgan fingerprint density at radius 2 is 2.11 bits per heavy atom. The third kappa shape index (κ3) is 5.42. The largest absolute Gasteiger partial charge is 0.325 e. The van der Waals surface area contributed by atoms with E-state index in [0.717, 1.165) is 11.0 Å². The molecule has 0 bridgehead atoms. The standard InChI is InChI=1S/C18H17ClFN5O2/c1-2-25(15(16(19)21)11-23-12-6-5-9-22-10-12)18(27)24-17(26)13-7-3-4-8-14(13)20/h3-11,15,21H,2H2,1H3,(H,24,26,27). The summed E-state index contributed by atoms with van der Waals surface area (Å²) in [7, 11) is 0. The molecule has 1 unspecified atom stereocenters. The summed E-state index contributed by atoms with van der Waals surface area (Å²) in [5.41, 5.74) is 0.253. The molecule has 0 saturated carbocycles. The zero-order chi connectivity index (χ0) is 19.8. The lowest BCUT2D eigenvalue weighted by molar-refractivity contribution is 0.0949. The molecule has 1 aromatic heterocycles. The van der Waals surface area contributed by atoms with Gasteiger partial charge in [-0.3, -0.25) is 25.5 Å². The van der Waals surface area contributed by atoms with E-state index in [1.165, 1.54) is 30.6 Å². The highest BCUT2D eigenvalue weighted by Gasteiger charge is 2.26. The Labute approximate surface area is 160 Å². The molecule has 1 heterocycles. The molecule has 7 nitrogen and oxygen atoms in total. The number of rotatable bonds is 6. The number of aromatic nitrogens is 1. The van der Waals surface area contributed by atoms with Gasteiger partial charge in [0.15, 0.2) is 0 Å². The Bertz CT molecular complexity index is 860. The zero-order valence-corrected chi connectivity index (χ0v) is 15.2. The molecular formula is C18H17ClFN5O2. The number of aliphatic imine (C=N–C) groups is 1. The first kappa shape index (κ1) is 20.2. The van der Waals surface area contributed by atoms with Gasteiger partial charge >= 0.3 is 6.03 Å². The summed E-state index contributed by atoms with van der Waals surface area (Å²) in [6.07, 6.45) is 4.40. The molecule has 0 aliphatic heterocycles. The quantitative estimate of drug-likeness (QED) is 0.741. The van der Waals surface area contributed by atoms with E-state index >= 15 is 0 Å². The van der Waals surface area contributed by atoms with Crippen molar-refractivity contribution >= 4 is 40.6 Å². The number of carbonyl (C=O) groups is 2. The van der Waals surface area contributed by atoms with Gasteiger partial charge in [-0.1, -0.05) is 23.7 Å². The second kappa shape index (κ2) is 9.54. The monoisotopic (exact) mass is 389 g/mol. The average Bonchev–Trinajstić information content (AvgIpc) is 2.65. The number of hydrogen-bond donors (Lipinski definition) is 2. The molecule has 27 heavy (non-hydrogen) atoms. The number of halogens is 2. The fourth-order valence-corrected chi connectivity index (χ4v) is 2.39. The van der Waals surface area contributed by atoms with E-state index in [4.69, 9.17) is 17.0 Å². The second-order valence-corrected chi connectivity index (χ2v) is 5.71. The Morgan fingerprint density at radius 3 is 2.70 bits per heavy atom. The summed E-state index contributed by atoms with van der Waals surface area (Å²) in [4.78, 5) is 33.8. The maximum absolute atomic E-state index is 13.7. The van der Waals surface area contributed by atoms with E-state index in [1.54, 1.807) is 25.3 Å². The van der Waals surface area contributed by atoms with Crippen LogP contribution in [-0.4, -0.2) is 45.8 Å². The SMILES string of the molecule is CCN(C(=O)NC(=O)c1ccccc1F)C(C=Nc1cccnc1)C(=N)Cl. The van der Waals surface area contributed by atoms with Crippen LogP contribution in [0.25, 0.3) is 0 Å². The highest BCUT2D eigenvalue weighted by Crippen LogP contribution is 2.11. The smallest absolute Gasteiger partial charge is 0.310 e. The van der Waals surface area contributed by atoms with Crippen molar-refractivity contribution in [2.75, 3.05) is 6.54 Å². The predicted octanol–water partition coefficient (Wildman–Crippen LogP) is 3.38. The summed E-state index contributed by atoms with van der Waals surface area (Å²) in [6.45, 7) is 1.78. The number of nitrogens with zero attached hydrogens (tertiary/aromatic N) is 3. The molecule has 0 radical (unpaired) electrons. The molecule has 1 atom stereocenters. The maximum atomic E-state index is 13.7. The number of benzene rings is 1. The number of amides is 3. The van der Waals surface area contributed by atoms with Crippen LogP contribution in [0.1, 0.15) is 17.3 Å². The third-order valence-electron chi connectivity index (χ3n) is 3.55. The lowest BCUT2D eigenvalue weighted by atomic mass is 10.2. The highest BCUT2D eigenvalue weighted by molar-refractivity contribution is 6.67. The first-order valence-electron chi connectivity index (χ1n) is 7.98. The van der Waals surface area contributed by atoms with Gasteiger partial charge in [-0.25, -0.2) is 9.18 Å². The van der Waals surface area contributed by atoms with Crippen LogP contribution < -0.4 is 5.32 Å². The molecule has 3 amide bonds. The second-order valence-electron chi connectivity index (χ2n) is 5.31. The van der Waals surface area contributed by atoms with E-state index < -0.39 is 23.8 Å². The van der Waals surface area contributed by atoms with E-state index in [1.807, 2.05) is 0 Å². The summed E-state index contributed by atoms with van der Waals surface area (Å²) in [6, 6.07) is 6.86. The van der Waals surface area contributed by atoms with Gasteiger partial charge in [-0.15, -0.1) is 0 Å². The van der Waals surface area contributed by atoms with Crippen LogP contribution in [0.3, 0.4) is 0 Å². The Morgan fingerprint density at radius 1 is 1.37 bits per heavy atom. The molecule has 2 rings (SSSR count). The molecule has 0 spiro atoms. The lowest BCUT2D eigenvalue weighted by Gasteiger charge is -2.26. The Kier molecular flexibility index (Phi) is 7.13. The number of carbonyl (C=O) groups excluding carboxylic acids is 2. The molecule has 0 aliphatic carbocycles. The van der Waals surface area contributed by atoms with Crippen molar-refractivity contribution in [2.45, 2.75) is 13.0 Å². The first-order chi connectivity index (χ1) is 12.9. The maximum Gasteiger partial charge on any atom is 0.325 e. The van der Waals surface area contributed by atoms with Gasteiger partial charge in [0.05, 0.1) is 17.4 Å². The fourth-order valence-electron chi connectivity index (χ4n) is 2.22. The van der Waals surface area contributed by atoms with Crippen molar-refractivity contribution in [1.82, 2.24) is 15.2 Å². The molecule has 1 aromatic carbocycles. The number of imide groups is 1. The van der Waals surface area contributed by atoms with Crippen LogP contribution in [0.15, 0.2) is 53.8 Å². The van der Waals surface area contributed by atoms with Gasteiger partial charge in [-0.2, -0.15) is 0 Å². The molecule has 140 valence electrons. The van der Waals surface area contributed by atoms with Crippen LogP contribution in [0.4, 0.5) is 14.9 Å².